The van der Waals surface area contributed by atoms with Crippen LogP contribution >= 0.6 is 11.8 Å². The van der Waals surface area contributed by atoms with Gasteiger partial charge in [0.1, 0.15) is 0 Å². The maximum Gasteiger partial charge on any atom is 0.0762 e. The van der Waals surface area contributed by atoms with Gasteiger partial charge in [0.05, 0.1) is 6.10 Å². The number of aliphatic hydroxyl groups excluding tert-OH is 1. The highest BCUT2D eigenvalue weighted by Gasteiger charge is 2.06. The molecule has 0 radical (unpaired) electrons. The minimum absolute atomic E-state index is 0.479. The van der Waals surface area contributed by atoms with Gasteiger partial charge in [-0.25, -0.2) is 0 Å². The molecule has 2 aromatic carbocycles. The van der Waals surface area contributed by atoms with Gasteiger partial charge in [0.2, 0.25) is 0 Å². The van der Waals surface area contributed by atoms with Crippen LogP contribution in [0.5, 0.6) is 0 Å². The first kappa shape index (κ1) is 12.0. The summed E-state index contributed by atoms with van der Waals surface area (Å²) in [5.41, 5.74) is 7.53. The minimum Gasteiger partial charge on any atom is -0.398 e. The molecule has 3 N–H and O–H groups in total. The van der Waals surface area contributed by atoms with E-state index in [1.54, 1.807) is 18.7 Å². The summed E-state index contributed by atoms with van der Waals surface area (Å²) in [5.74, 6) is 0. The molecule has 0 heterocycles. The Balaban J connectivity index is 2.23. The van der Waals surface area contributed by atoms with Crippen molar-refractivity contribution in [3.8, 4) is 0 Å². The fourth-order valence-corrected chi connectivity index (χ4v) is 2.40. The van der Waals surface area contributed by atoms with Gasteiger partial charge >= 0.3 is 0 Å². The molecule has 1 atom stereocenters. The summed E-state index contributed by atoms with van der Waals surface area (Å²) in [5, 5.41) is 9.47. The minimum atomic E-state index is -0.479. The number of aliphatic hydroxyl groups is 1. The third-order valence-corrected chi connectivity index (χ3v) is 3.59. The van der Waals surface area contributed by atoms with Crippen molar-refractivity contribution in [2.45, 2.75) is 22.8 Å². The zero-order valence-corrected chi connectivity index (χ0v) is 10.4. The molecule has 0 amide bonds. The maximum atomic E-state index is 9.47. The lowest BCUT2D eigenvalue weighted by Gasteiger charge is -2.09. The number of anilines is 1. The van der Waals surface area contributed by atoms with Gasteiger partial charge in [-0.3, -0.25) is 0 Å². The number of nitrogens with two attached hydrogens (primary N) is 1. The average molecular weight is 245 g/mol. The Hall–Kier alpha value is -1.45. The smallest absolute Gasteiger partial charge is 0.0762 e. The van der Waals surface area contributed by atoms with Crippen molar-refractivity contribution in [2.75, 3.05) is 5.73 Å². The van der Waals surface area contributed by atoms with Gasteiger partial charge in [0, 0.05) is 15.5 Å². The van der Waals surface area contributed by atoms with Crippen LogP contribution in [0.15, 0.2) is 58.3 Å². The van der Waals surface area contributed by atoms with E-state index in [2.05, 4.69) is 0 Å². The molecule has 0 fully saturated rings. The maximum absolute atomic E-state index is 9.47. The predicted octanol–water partition coefficient (Wildman–Crippen LogP) is 3.47. The Kier molecular flexibility index (Phi) is 3.71. The van der Waals surface area contributed by atoms with Crippen molar-refractivity contribution in [2.24, 2.45) is 0 Å². The number of hydrogen-bond acceptors (Lipinski definition) is 3. The summed E-state index contributed by atoms with van der Waals surface area (Å²) in [6.45, 7) is 1.73. The highest BCUT2D eigenvalue weighted by molar-refractivity contribution is 7.99. The normalized spacial score (nSPS) is 12.4. The molecule has 0 aliphatic heterocycles. The lowest BCUT2D eigenvalue weighted by Crippen LogP contribution is -1.95. The van der Waals surface area contributed by atoms with Crippen LogP contribution in [0, 0.1) is 0 Å². The highest BCUT2D eigenvalue weighted by Crippen LogP contribution is 2.33. The van der Waals surface area contributed by atoms with Crippen molar-refractivity contribution in [3.63, 3.8) is 0 Å². The summed E-state index contributed by atoms with van der Waals surface area (Å²) >= 11 is 1.63. The van der Waals surface area contributed by atoms with Crippen LogP contribution in [0.25, 0.3) is 0 Å². The zero-order valence-electron chi connectivity index (χ0n) is 9.63. The summed E-state index contributed by atoms with van der Waals surface area (Å²) in [6.07, 6.45) is -0.479. The third-order valence-electron chi connectivity index (χ3n) is 2.49. The molecule has 2 rings (SSSR count). The molecule has 0 unspecified atom stereocenters. The Morgan fingerprint density at radius 1 is 1.12 bits per heavy atom. The standard InChI is InChI=1S/C14H15NOS/c1-10(16)11-7-8-14(13(15)9-11)17-12-5-3-2-4-6-12/h2-10,16H,15H2,1H3/t10-/m0/s1. The van der Waals surface area contributed by atoms with Gasteiger partial charge in [-0.1, -0.05) is 36.0 Å². The average Bonchev–Trinajstić information content (AvgIpc) is 2.33. The monoisotopic (exact) mass is 245 g/mol. The number of benzene rings is 2. The Labute approximate surface area is 105 Å². The SMILES string of the molecule is C[C@H](O)c1ccc(Sc2ccccc2)c(N)c1. The van der Waals surface area contributed by atoms with Crippen LogP contribution in [0.3, 0.4) is 0 Å². The van der Waals surface area contributed by atoms with Crippen LogP contribution in [0.1, 0.15) is 18.6 Å². The summed E-state index contributed by atoms with van der Waals surface area (Å²) in [4.78, 5) is 2.17. The van der Waals surface area contributed by atoms with E-state index in [4.69, 9.17) is 5.73 Å². The first-order chi connectivity index (χ1) is 8.16. The van der Waals surface area contributed by atoms with E-state index in [0.717, 1.165) is 15.4 Å². The van der Waals surface area contributed by atoms with E-state index in [1.165, 1.54) is 0 Å². The quantitative estimate of drug-likeness (QED) is 0.814. The Bertz CT molecular complexity index is 497. The molecule has 0 aliphatic rings. The van der Waals surface area contributed by atoms with Crippen molar-refractivity contribution in [1.29, 1.82) is 0 Å². The second-order valence-corrected chi connectivity index (χ2v) is 5.00. The van der Waals surface area contributed by atoms with Gasteiger partial charge in [-0.05, 0) is 36.8 Å². The van der Waals surface area contributed by atoms with Crippen molar-refractivity contribution >= 4 is 17.4 Å². The molecule has 0 aromatic heterocycles. The molecular weight excluding hydrogens is 230 g/mol. The first-order valence-corrected chi connectivity index (χ1v) is 6.29. The lowest BCUT2D eigenvalue weighted by atomic mass is 10.1. The van der Waals surface area contributed by atoms with Crippen LogP contribution in [0.2, 0.25) is 0 Å². The van der Waals surface area contributed by atoms with E-state index in [-0.39, 0.29) is 0 Å². The zero-order chi connectivity index (χ0) is 12.3. The van der Waals surface area contributed by atoms with E-state index in [9.17, 15) is 5.11 Å². The van der Waals surface area contributed by atoms with Crippen LogP contribution in [-0.2, 0) is 0 Å². The van der Waals surface area contributed by atoms with E-state index < -0.39 is 6.10 Å². The molecule has 2 nitrogen and oxygen atoms in total. The first-order valence-electron chi connectivity index (χ1n) is 5.47. The second-order valence-electron chi connectivity index (χ2n) is 3.89. The fourth-order valence-electron chi connectivity index (χ4n) is 1.54. The van der Waals surface area contributed by atoms with E-state index in [0.29, 0.717) is 5.69 Å². The highest BCUT2D eigenvalue weighted by atomic mass is 32.2. The van der Waals surface area contributed by atoms with Crippen molar-refractivity contribution < 1.29 is 5.11 Å². The van der Waals surface area contributed by atoms with Gasteiger partial charge in [-0.15, -0.1) is 0 Å². The van der Waals surface area contributed by atoms with Crippen LogP contribution in [-0.4, -0.2) is 5.11 Å². The van der Waals surface area contributed by atoms with Gasteiger partial charge in [0.25, 0.3) is 0 Å². The summed E-state index contributed by atoms with van der Waals surface area (Å²) in [7, 11) is 0. The largest absolute Gasteiger partial charge is 0.398 e. The molecule has 88 valence electrons. The molecule has 2 aromatic rings. The third kappa shape index (κ3) is 3.02. The Morgan fingerprint density at radius 3 is 2.41 bits per heavy atom. The summed E-state index contributed by atoms with van der Waals surface area (Å²) in [6, 6.07) is 15.8. The molecular formula is C14H15NOS. The van der Waals surface area contributed by atoms with Gasteiger partial charge in [-0.2, -0.15) is 0 Å². The van der Waals surface area contributed by atoms with Crippen LogP contribution in [0.4, 0.5) is 5.69 Å². The van der Waals surface area contributed by atoms with Gasteiger partial charge < -0.3 is 10.8 Å². The number of nitrogen functional groups attached to an aromatic ring is 1. The molecule has 0 bridgehead atoms. The number of hydrogen-bond donors (Lipinski definition) is 2. The van der Waals surface area contributed by atoms with E-state index >= 15 is 0 Å². The predicted molar refractivity (Wildman–Crippen MR) is 72.1 cm³/mol. The fraction of sp³-hybridized carbons (Fsp3) is 0.143. The topological polar surface area (TPSA) is 46.2 Å². The lowest BCUT2D eigenvalue weighted by molar-refractivity contribution is 0.199. The Morgan fingerprint density at radius 2 is 1.82 bits per heavy atom. The van der Waals surface area contributed by atoms with Crippen molar-refractivity contribution in [1.82, 2.24) is 0 Å². The van der Waals surface area contributed by atoms with Crippen LogP contribution < -0.4 is 5.73 Å². The molecule has 17 heavy (non-hydrogen) atoms. The molecule has 0 saturated heterocycles. The van der Waals surface area contributed by atoms with E-state index in [1.807, 2.05) is 48.5 Å². The summed E-state index contributed by atoms with van der Waals surface area (Å²) < 4.78 is 0. The second kappa shape index (κ2) is 5.25. The molecule has 3 heteroatoms. The number of rotatable bonds is 3. The molecule has 0 aliphatic carbocycles. The van der Waals surface area contributed by atoms with Gasteiger partial charge in [0.15, 0.2) is 0 Å². The van der Waals surface area contributed by atoms with Crippen molar-refractivity contribution in [3.05, 3.63) is 54.1 Å². The molecule has 0 spiro atoms. The molecule has 0 saturated carbocycles.